The average Bonchev–Trinajstić information content (AvgIpc) is 3.27. The maximum Gasteiger partial charge on any atom is 0.267 e. The number of nitrogens with zero attached hydrogens (tertiary/aromatic N) is 4. The molecule has 0 saturated carbocycles. The molecule has 0 unspecified atom stereocenters. The quantitative estimate of drug-likeness (QED) is 0.516. The van der Waals surface area contributed by atoms with Crippen LogP contribution in [0.3, 0.4) is 0 Å². The van der Waals surface area contributed by atoms with Gasteiger partial charge in [0, 0.05) is 54.7 Å². The SMILES string of the molecule is Cc1cc2c(cn1)cc(-c1cc(Nc3noc(C4CCOCC4)n3)ccc1C)c(=O)n2C. The van der Waals surface area contributed by atoms with Crippen LogP contribution in [-0.4, -0.2) is 32.9 Å². The zero-order valence-corrected chi connectivity index (χ0v) is 18.4. The van der Waals surface area contributed by atoms with Crippen molar-refractivity contribution in [2.24, 2.45) is 7.05 Å². The minimum absolute atomic E-state index is 0.0512. The summed E-state index contributed by atoms with van der Waals surface area (Å²) < 4.78 is 12.6. The van der Waals surface area contributed by atoms with Gasteiger partial charge in [0.25, 0.3) is 11.5 Å². The number of anilines is 2. The molecule has 3 aromatic heterocycles. The van der Waals surface area contributed by atoms with Gasteiger partial charge in [0.05, 0.1) is 5.52 Å². The van der Waals surface area contributed by atoms with E-state index in [9.17, 15) is 4.79 Å². The van der Waals surface area contributed by atoms with E-state index in [-0.39, 0.29) is 11.5 Å². The number of hydrogen-bond donors (Lipinski definition) is 1. The van der Waals surface area contributed by atoms with E-state index in [1.165, 1.54) is 0 Å². The van der Waals surface area contributed by atoms with Crippen molar-refractivity contribution in [2.45, 2.75) is 32.6 Å². The smallest absolute Gasteiger partial charge is 0.267 e. The topological polar surface area (TPSA) is 95.1 Å². The average molecular weight is 431 g/mol. The minimum Gasteiger partial charge on any atom is -0.381 e. The molecule has 1 fully saturated rings. The van der Waals surface area contributed by atoms with Crippen molar-refractivity contribution in [2.75, 3.05) is 18.5 Å². The van der Waals surface area contributed by atoms with Gasteiger partial charge in [-0.3, -0.25) is 9.78 Å². The van der Waals surface area contributed by atoms with Crippen molar-refractivity contribution in [3.05, 3.63) is 64.0 Å². The summed E-state index contributed by atoms with van der Waals surface area (Å²) in [5.41, 5.74) is 4.96. The second-order valence-electron chi connectivity index (χ2n) is 8.30. The molecule has 0 radical (unpaired) electrons. The Morgan fingerprint density at radius 1 is 1.09 bits per heavy atom. The molecule has 4 heterocycles. The Bertz CT molecular complexity index is 1350. The predicted molar refractivity (Wildman–Crippen MR) is 122 cm³/mol. The first-order valence-corrected chi connectivity index (χ1v) is 10.8. The summed E-state index contributed by atoms with van der Waals surface area (Å²) in [5.74, 6) is 1.28. The van der Waals surface area contributed by atoms with Crippen molar-refractivity contribution in [1.29, 1.82) is 0 Å². The Morgan fingerprint density at radius 3 is 2.72 bits per heavy atom. The molecule has 0 aliphatic carbocycles. The van der Waals surface area contributed by atoms with Gasteiger partial charge in [-0.2, -0.15) is 4.98 Å². The van der Waals surface area contributed by atoms with Crippen LogP contribution in [0.15, 0.2) is 45.8 Å². The number of aromatic nitrogens is 4. The fraction of sp³-hybridized carbons (Fsp3) is 0.333. The van der Waals surface area contributed by atoms with Crippen LogP contribution in [-0.2, 0) is 11.8 Å². The molecule has 8 nitrogen and oxygen atoms in total. The van der Waals surface area contributed by atoms with Crippen molar-refractivity contribution in [3.63, 3.8) is 0 Å². The highest BCUT2D eigenvalue weighted by atomic mass is 16.5. The highest BCUT2D eigenvalue weighted by Gasteiger charge is 2.22. The van der Waals surface area contributed by atoms with Gasteiger partial charge in [-0.1, -0.05) is 6.07 Å². The number of pyridine rings is 2. The van der Waals surface area contributed by atoms with E-state index in [0.717, 1.165) is 46.3 Å². The third kappa shape index (κ3) is 3.78. The molecule has 0 amide bonds. The standard InChI is InChI=1S/C24H25N5O3/c1-14-4-5-18(26-24-27-22(32-28-24)16-6-8-31-9-7-16)12-19(14)20-11-17-13-25-15(2)10-21(17)29(3)23(20)30/h4-5,10-13,16H,6-9H2,1-3H3,(H,26,28). The van der Waals surface area contributed by atoms with Gasteiger partial charge in [0.2, 0.25) is 5.89 Å². The monoisotopic (exact) mass is 431 g/mol. The molecular weight excluding hydrogens is 406 g/mol. The van der Waals surface area contributed by atoms with Gasteiger partial charge in [-0.05, 0) is 67.2 Å². The summed E-state index contributed by atoms with van der Waals surface area (Å²) in [5, 5.41) is 8.21. The Hall–Kier alpha value is -3.52. The van der Waals surface area contributed by atoms with Gasteiger partial charge in [0.15, 0.2) is 0 Å². The summed E-state index contributed by atoms with van der Waals surface area (Å²) in [6.07, 6.45) is 3.58. The molecule has 1 saturated heterocycles. The van der Waals surface area contributed by atoms with Crippen LogP contribution >= 0.6 is 0 Å². The van der Waals surface area contributed by atoms with Crippen molar-refractivity contribution in [3.8, 4) is 11.1 Å². The summed E-state index contributed by atoms with van der Waals surface area (Å²) in [7, 11) is 1.79. The lowest BCUT2D eigenvalue weighted by Crippen LogP contribution is -2.19. The fourth-order valence-electron chi connectivity index (χ4n) is 4.17. The zero-order chi connectivity index (χ0) is 22.2. The number of fused-ring (bicyclic) bond motifs is 1. The lowest BCUT2D eigenvalue weighted by atomic mass is 9.99. The molecule has 164 valence electrons. The normalized spacial score (nSPS) is 14.7. The van der Waals surface area contributed by atoms with E-state index in [2.05, 4.69) is 20.4 Å². The lowest BCUT2D eigenvalue weighted by molar-refractivity contribution is 0.0778. The second kappa shape index (κ2) is 8.20. The largest absolute Gasteiger partial charge is 0.381 e. The van der Waals surface area contributed by atoms with E-state index in [1.807, 2.05) is 50.4 Å². The first-order chi connectivity index (χ1) is 15.5. The molecule has 0 spiro atoms. The van der Waals surface area contributed by atoms with Crippen LogP contribution in [0.25, 0.3) is 22.0 Å². The van der Waals surface area contributed by atoms with Crippen LogP contribution in [0.2, 0.25) is 0 Å². The maximum atomic E-state index is 13.2. The first kappa shape index (κ1) is 20.4. The molecular formula is C24H25N5O3. The van der Waals surface area contributed by atoms with E-state index < -0.39 is 0 Å². The highest BCUT2D eigenvalue weighted by molar-refractivity contribution is 5.85. The summed E-state index contributed by atoms with van der Waals surface area (Å²) in [6, 6.07) is 9.71. The van der Waals surface area contributed by atoms with Crippen LogP contribution in [0.5, 0.6) is 0 Å². The lowest BCUT2D eigenvalue weighted by Gasteiger charge is -2.17. The zero-order valence-electron chi connectivity index (χ0n) is 18.4. The Labute approximate surface area is 185 Å². The van der Waals surface area contributed by atoms with Gasteiger partial charge in [-0.25, -0.2) is 0 Å². The molecule has 5 rings (SSSR count). The molecule has 1 aliphatic heterocycles. The van der Waals surface area contributed by atoms with Crippen LogP contribution in [0.1, 0.15) is 35.9 Å². The third-order valence-corrected chi connectivity index (χ3v) is 6.04. The van der Waals surface area contributed by atoms with Gasteiger partial charge in [0.1, 0.15) is 0 Å². The van der Waals surface area contributed by atoms with Gasteiger partial charge < -0.3 is 19.1 Å². The van der Waals surface area contributed by atoms with Crippen LogP contribution in [0.4, 0.5) is 11.6 Å². The molecule has 8 heteroatoms. The van der Waals surface area contributed by atoms with E-state index in [0.29, 0.717) is 30.6 Å². The van der Waals surface area contributed by atoms with Gasteiger partial charge in [-0.15, -0.1) is 0 Å². The predicted octanol–water partition coefficient (Wildman–Crippen LogP) is 4.24. The highest BCUT2D eigenvalue weighted by Crippen LogP contribution is 2.29. The first-order valence-electron chi connectivity index (χ1n) is 10.8. The summed E-state index contributed by atoms with van der Waals surface area (Å²) in [4.78, 5) is 22.1. The number of rotatable bonds is 4. The fourth-order valence-corrected chi connectivity index (χ4v) is 4.17. The Balaban J connectivity index is 1.48. The summed E-state index contributed by atoms with van der Waals surface area (Å²) in [6.45, 7) is 5.34. The Morgan fingerprint density at radius 2 is 1.91 bits per heavy atom. The molecule has 1 aliphatic rings. The number of benzene rings is 1. The third-order valence-electron chi connectivity index (χ3n) is 6.04. The maximum absolute atomic E-state index is 13.2. The van der Waals surface area contributed by atoms with E-state index in [4.69, 9.17) is 9.26 Å². The van der Waals surface area contributed by atoms with Crippen LogP contribution < -0.4 is 10.9 Å². The van der Waals surface area contributed by atoms with Gasteiger partial charge >= 0.3 is 0 Å². The number of nitrogens with one attached hydrogen (secondary N) is 1. The number of hydrogen-bond acceptors (Lipinski definition) is 7. The molecule has 4 aromatic rings. The van der Waals surface area contributed by atoms with Crippen molar-refractivity contribution in [1.82, 2.24) is 19.7 Å². The van der Waals surface area contributed by atoms with Crippen LogP contribution in [0, 0.1) is 13.8 Å². The van der Waals surface area contributed by atoms with Crippen molar-refractivity contribution < 1.29 is 9.26 Å². The molecule has 1 N–H and O–H groups in total. The Kier molecular flexibility index (Phi) is 5.22. The molecule has 0 atom stereocenters. The van der Waals surface area contributed by atoms with Crippen molar-refractivity contribution >= 4 is 22.5 Å². The minimum atomic E-state index is -0.0512. The van der Waals surface area contributed by atoms with E-state index in [1.54, 1.807) is 11.6 Å². The van der Waals surface area contributed by atoms with E-state index >= 15 is 0 Å². The number of aryl methyl sites for hydroxylation is 3. The summed E-state index contributed by atoms with van der Waals surface area (Å²) >= 11 is 0. The number of ether oxygens (including phenoxy) is 1. The molecule has 1 aromatic carbocycles. The molecule has 32 heavy (non-hydrogen) atoms. The second-order valence-corrected chi connectivity index (χ2v) is 8.30. The molecule has 0 bridgehead atoms.